The summed E-state index contributed by atoms with van der Waals surface area (Å²) in [6, 6.07) is 14.1. The predicted molar refractivity (Wildman–Crippen MR) is 101 cm³/mol. The van der Waals surface area contributed by atoms with E-state index in [1.54, 1.807) is 24.3 Å². The van der Waals surface area contributed by atoms with E-state index in [1.807, 2.05) is 31.2 Å². The van der Waals surface area contributed by atoms with E-state index in [9.17, 15) is 13.2 Å². The summed E-state index contributed by atoms with van der Waals surface area (Å²) in [5.74, 6) is 1.10. The van der Waals surface area contributed by atoms with Gasteiger partial charge in [0.2, 0.25) is 15.9 Å². The molecule has 0 saturated carbocycles. The lowest BCUT2D eigenvalue weighted by atomic mass is 10.2. The Kier molecular flexibility index (Phi) is 5.29. The number of nitrogens with zero attached hydrogens (tertiary/aromatic N) is 1. The molecular weight excluding hydrogens is 352 g/mol. The molecule has 1 aliphatic heterocycles. The van der Waals surface area contributed by atoms with E-state index in [2.05, 4.69) is 5.32 Å². The van der Waals surface area contributed by atoms with Gasteiger partial charge in [-0.15, -0.1) is 0 Å². The smallest absolute Gasteiger partial charge is 0.242 e. The van der Waals surface area contributed by atoms with Gasteiger partial charge < -0.3 is 10.1 Å². The summed E-state index contributed by atoms with van der Waals surface area (Å²) in [6.07, 6.45) is 2.36. The van der Waals surface area contributed by atoms with Gasteiger partial charge in [0.15, 0.2) is 0 Å². The Balaban J connectivity index is 1.65. The van der Waals surface area contributed by atoms with Crippen LogP contribution in [-0.2, 0) is 14.8 Å². The average Bonchev–Trinajstić information content (AvgIpc) is 3.07. The number of nitrogens with one attached hydrogen (secondary N) is 1. The molecule has 1 fully saturated rings. The molecule has 6 nitrogen and oxygen atoms in total. The number of carbonyl (C=O) groups excluding carboxylic acids is 1. The van der Waals surface area contributed by atoms with Crippen molar-refractivity contribution >= 4 is 21.6 Å². The molecule has 1 N–H and O–H groups in total. The lowest BCUT2D eigenvalue weighted by molar-refractivity contribution is -0.119. The van der Waals surface area contributed by atoms with Crippen LogP contribution in [0.2, 0.25) is 0 Å². The van der Waals surface area contributed by atoms with E-state index >= 15 is 0 Å². The van der Waals surface area contributed by atoms with Gasteiger partial charge in [0, 0.05) is 12.2 Å². The van der Waals surface area contributed by atoms with Crippen molar-refractivity contribution in [3.63, 3.8) is 0 Å². The molecule has 1 aliphatic rings. The number of aryl methyl sites for hydroxylation is 1. The number of ether oxygens (including phenoxy) is 1. The van der Waals surface area contributed by atoms with Gasteiger partial charge in [-0.1, -0.05) is 12.1 Å². The molecule has 7 heteroatoms. The van der Waals surface area contributed by atoms with Crippen molar-refractivity contribution in [2.45, 2.75) is 25.8 Å². The highest BCUT2D eigenvalue weighted by atomic mass is 32.2. The summed E-state index contributed by atoms with van der Waals surface area (Å²) in [5.41, 5.74) is 1.71. The monoisotopic (exact) mass is 374 g/mol. The van der Waals surface area contributed by atoms with Gasteiger partial charge in [-0.05, 0) is 61.7 Å². The third kappa shape index (κ3) is 4.42. The van der Waals surface area contributed by atoms with Gasteiger partial charge in [0.1, 0.15) is 17.5 Å². The number of hydrogen-bond donors (Lipinski definition) is 1. The summed E-state index contributed by atoms with van der Waals surface area (Å²) >= 11 is 0. The minimum Gasteiger partial charge on any atom is -0.457 e. The number of hydrogen-bond acceptors (Lipinski definition) is 4. The molecule has 2 aromatic carbocycles. The third-order valence-corrected chi connectivity index (χ3v) is 5.57. The zero-order chi connectivity index (χ0) is 18.7. The van der Waals surface area contributed by atoms with E-state index in [0.717, 1.165) is 17.6 Å². The van der Waals surface area contributed by atoms with Crippen LogP contribution in [0.25, 0.3) is 0 Å². The summed E-state index contributed by atoms with van der Waals surface area (Å²) < 4.78 is 30.6. The van der Waals surface area contributed by atoms with E-state index in [1.165, 1.54) is 4.31 Å². The number of carbonyl (C=O) groups is 1. The van der Waals surface area contributed by atoms with Crippen LogP contribution < -0.4 is 10.1 Å². The molecule has 1 atom stereocenters. The van der Waals surface area contributed by atoms with Crippen molar-refractivity contribution < 1.29 is 17.9 Å². The molecular formula is C19H22N2O4S. The Hall–Kier alpha value is -2.38. The standard InChI is InChI=1S/C19H22N2O4S/c1-14-5-3-6-17(13-14)25-16-10-8-15(9-11-16)20-19(22)18-7-4-12-21(18)26(2,23)24/h3,5-6,8-11,13,18H,4,7,12H2,1-2H3,(H,20,22). The maximum Gasteiger partial charge on any atom is 0.242 e. The van der Waals surface area contributed by atoms with Crippen LogP contribution in [-0.4, -0.2) is 37.5 Å². The van der Waals surface area contributed by atoms with Gasteiger partial charge in [0.05, 0.1) is 6.26 Å². The Morgan fingerprint density at radius 2 is 1.88 bits per heavy atom. The second-order valence-corrected chi connectivity index (χ2v) is 8.40. The van der Waals surface area contributed by atoms with Crippen LogP contribution in [0.1, 0.15) is 18.4 Å². The molecule has 2 aromatic rings. The number of sulfonamides is 1. The van der Waals surface area contributed by atoms with Gasteiger partial charge in [-0.25, -0.2) is 8.42 Å². The molecule has 0 aromatic heterocycles. The van der Waals surface area contributed by atoms with Crippen molar-refractivity contribution in [3.8, 4) is 11.5 Å². The first-order valence-electron chi connectivity index (χ1n) is 8.45. The molecule has 1 heterocycles. The second kappa shape index (κ2) is 7.47. The lowest BCUT2D eigenvalue weighted by Crippen LogP contribution is -2.42. The highest BCUT2D eigenvalue weighted by molar-refractivity contribution is 7.88. The van der Waals surface area contributed by atoms with Gasteiger partial charge in [0.25, 0.3) is 0 Å². The first-order chi connectivity index (χ1) is 12.3. The third-order valence-electron chi connectivity index (χ3n) is 4.28. The molecule has 138 valence electrons. The van der Waals surface area contributed by atoms with Crippen molar-refractivity contribution in [1.82, 2.24) is 4.31 Å². The number of rotatable bonds is 5. The summed E-state index contributed by atoms with van der Waals surface area (Å²) in [6.45, 7) is 2.38. The average molecular weight is 374 g/mol. The van der Waals surface area contributed by atoms with Gasteiger partial charge in [-0.2, -0.15) is 4.31 Å². The molecule has 0 spiro atoms. The van der Waals surface area contributed by atoms with Crippen molar-refractivity contribution in [3.05, 3.63) is 54.1 Å². The fourth-order valence-electron chi connectivity index (χ4n) is 3.05. The Labute approximate surface area is 153 Å². The second-order valence-electron chi connectivity index (χ2n) is 6.46. The SMILES string of the molecule is Cc1cccc(Oc2ccc(NC(=O)C3CCCN3S(C)(=O)=O)cc2)c1. The van der Waals surface area contributed by atoms with Gasteiger partial charge >= 0.3 is 0 Å². The van der Waals surface area contributed by atoms with Crippen LogP contribution in [0.3, 0.4) is 0 Å². The molecule has 0 aliphatic carbocycles. The van der Waals surface area contributed by atoms with Crippen molar-refractivity contribution in [1.29, 1.82) is 0 Å². The molecule has 1 unspecified atom stereocenters. The quantitative estimate of drug-likeness (QED) is 0.872. The molecule has 1 saturated heterocycles. The largest absolute Gasteiger partial charge is 0.457 e. The lowest BCUT2D eigenvalue weighted by Gasteiger charge is -2.21. The minimum atomic E-state index is -3.38. The van der Waals surface area contributed by atoms with E-state index < -0.39 is 16.1 Å². The topological polar surface area (TPSA) is 75.7 Å². The van der Waals surface area contributed by atoms with Crippen LogP contribution in [0.4, 0.5) is 5.69 Å². The van der Waals surface area contributed by atoms with Crippen molar-refractivity contribution in [2.24, 2.45) is 0 Å². The van der Waals surface area contributed by atoms with Crippen LogP contribution in [0, 0.1) is 6.92 Å². The highest BCUT2D eigenvalue weighted by Crippen LogP contribution is 2.25. The van der Waals surface area contributed by atoms with Crippen LogP contribution >= 0.6 is 0 Å². The highest BCUT2D eigenvalue weighted by Gasteiger charge is 2.36. The molecule has 1 amide bonds. The molecule has 3 rings (SSSR count). The van der Waals surface area contributed by atoms with E-state index in [4.69, 9.17) is 4.74 Å². The normalized spacial score (nSPS) is 17.8. The minimum absolute atomic E-state index is 0.305. The number of benzene rings is 2. The summed E-state index contributed by atoms with van der Waals surface area (Å²) in [7, 11) is -3.38. The Morgan fingerprint density at radius 3 is 2.54 bits per heavy atom. The maximum atomic E-state index is 12.4. The first kappa shape index (κ1) is 18.4. The van der Waals surface area contributed by atoms with Crippen LogP contribution in [0.5, 0.6) is 11.5 Å². The zero-order valence-corrected chi connectivity index (χ0v) is 15.6. The summed E-state index contributed by atoms with van der Waals surface area (Å²) in [4.78, 5) is 12.4. The summed E-state index contributed by atoms with van der Waals surface area (Å²) in [5, 5.41) is 2.79. The van der Waals surface area contributed by atoms with E-state index in [-0.39, 0.29) is 5.91 Å². The predicted octanol–water partition coefficient (Wildman–Crippen LogP) is 3.15. The van der Waals surface area contributed by atoms with Crippen LogP contribution in [0.15, 0.2) is 48.5 Å². The van der Waals surface area contributed by atoms with Gasteiger partial charge in [-0.3, -0.25) is 4.79 Å². The Morgan fingerprint density at radius 1 is 1.15 bits per heavy atom. The fourth-order valence-corrected chi connectivity index (χ4v) is 4.17. The fraction of sp³-hybridized carbons (Fsp3) is 0.316. The van der Waals surface area contributed by atoms with E-state index in [0.29, 0.717) is 30.8 Å². The Bertz CT molecular complexity index is 894. The first-order valence-corrected chi connectivity index (χ1v) is 10.3. The molecule has 0 bridgehead atoms. The molecule has 0 radical (unpaired) electrons. The molecule has 26 heavy (non-hydrogen) atoms. The van der Waals surface area contributed by atoms with Crippen molar-refractivity contribution in [2.75, 3.05) is 18.1 Å². The maximum absolute atomic E-state index is 12.4. The number of anilines is 1. The number of amides is 1. The zero-order valence-electron chi connectivity index (χ0n) is 14.8.